The minimum atomic E-state index is -3.42. The first kappa shape index (κ1) is 18.5. The Labute approximate surface area is 154 Å². The number of benzene rings is 2. The number of nitrogens with zero attached hydrogens (tertiary/aromatic N) is 1. The summed E-state index contributed by atoms with van der Waals surface area (Å²) in [5.74, 6) is -0.0443. The van der Waals surface area contributed by atoms with E-state index >= 15 is 0 Å². The highest BCUT2D eigenvalue weighted by Gasteiger charge is 2.33. The van der Waals surface area contributed by atoms with Crippen molar-refractivity contribution in [3.63, 3.8) is 0 Å². The lowest BCUT2D eigenvalue weighted by atomic mass is 10.1. The Balaban J connectivity index is 1.71. The SMILES string of the molecule is Cc1ccc(NC(=O)N2CCCC2CS(=O)(=O)c2ccccc2)cc1C. The van der Waals surface area contributed by atoms with Crippen molar-refractivity contribution in [2.24, 2.45) is 0 Å². The predicted octanol–water partition coefficient (Wildman–Crippen LogP) is 3.77. The lowest BCUT2D eigenvalue weighted by Gasteiger charge is -2.25. The molecular formula is C20H24N2O3S. The smallest absolute Gasteiger partial charge is 0.321 e. The zero-order chi connectivity index (χ0) is 18.7. The molecule has 0 bridgehead atoms. The average Bonchev–Trinajstić information content (AvgIpc) is 3.06. The molecule has 1 N–H and O–H groups in total. The van der Waals surface area contributed by atoms with Crippen molar-refractivity contribution in [3.8, 4) is 0 Å². The third-order valence-electron chi connectivity index (χ3n) is 4.91. The van der Waals surface area contributed by atoms with E-state index < -0.39 is 9.84 Å². The molecule has 0 radical (unpaired) electrons. The second kappa shape index (κ2) is 7.50. The zero-order valence-electron chi connectivity index (χ0n) is 15.1. The monoisotopic (exact) mass is 372 g/mol. The molecule has 0 saturated carbocycles. The van der Waals surface area contributed by atoms with Crippen molar-refractivity contribution in [2.75, 3.05) is 17.6 Å². The molecule has 3 rings (SSSR count). The van der Waals surface area contributed by atoms with Crippen LogP contribution in [0.3, 0.4) is 0 Å². The van der Waals surface area contributed by atoms with Gasteiger partial charge in [0.1, 0.15) is 0 Å². The van der Waals surface area contributed by atoms with Gasteiger partial charge in [-0.15, -0.1) is 0 Å². The number of aryl methyl sites for hydroxylation is 2. The van der Waals surface area contributed by atoms with Crippen LogP contribution in [0.25, 0.3) is 0 Å². The number of amides is 2. The Hall–Kier alpha value is -2.34. The van der Waals surface area contributed by atoms with Gasteiger partial charge < -0.3 is 10.2 Å². The first-order valence-electron chi connectivity index (χ1n) is 8.79. The van der Waals surface area contributed by atoms with Crippen molar-refractivity contribution in [1.82, 2.24) is 4.90 Å². The normalized spacial score (nSPS) is 17.3. The van der Waals surface area contributed by atoms with E-state index in [0.29, 0.717) is 17.9 Å². The highest BCUT2D eigenvalue weighted by molar-refractivity contribution is 7.91. The number of hydrogen-bond donors (Lipinski definition) is 1. The Morgan fingerprint density at radius 3 is 2.54 bits per heavy atom. The Bertz CT molecular complexity index is 895. The molecule has 1 saturated heterocycles. The predicted molar refractivity (Wildman–Crippen MR) is 103 cm³/mol. The van der Waals surface area contributed by atoms with Crippen LogP contribution in [0.2, 0.25) is 0 Å². The summed E-state index contributed by atoms with van der Waals surface area (Å²) < 4.78 is 25.3. The molecule has 1 atom stereocenters. The first-order chi connectivity index (χ1) is 12.4. The number of likely N-dealkylation sites (tertiary alicyclic amines) is 1. The van der Waals surface area contributed by atoms with E-state index in [9.17, 15) is 13.2 Å². The fourth-order valence-electron chi connectivity index (χ4n) is 3.27. The number of urea groups is 1. The number of sulfone groups is 1. The molecule has 1 heterocycles. The maximum atomic E-state index is 12.7. The van der Waals surface area contributed by atoms with E-state index in [-0.39, 0.29) is 17.8 Å². The molecule has 1 aliphatic rings. The number of nitrogens with one attached hydrogen (secondary N) is 1. The number of carbonyl (C=O) groups is 1. The summed E-state index contributed by atoms with van der Waals surface area (Å²) in [6.07, 6.45) is 1.52. The van der Waals surface area contributed by atoms with Crippen LogP contribution >= 0.6 is 0 Å². The van der Waals surface area contributed by atoms with Gasteiger partial charge in [0.2, 0.25) is 0 Å². The van der Waals surface area contributed by atoms with E-state index in [1.165, 1.54) is 0 Å². The van der Waals surface area contributed by atoms with Gasteiger partial charge in [0.05, 0.1) is 10.6 Å². The van der Waals surface area contributed by atoms with Gasteiger partial charge in [0, 0.05) is 18.3 Å². The quantitative estimate of drug-likeness (QED) is 0.888. The van der Waals surface area contributed by atoms with Crippen molar-refractivity contribution in [3.05, 3.63) is 59.7 Å². The second-order valence-electron chi connectivity index (χ2n) is 6.81. The van der Waals surface area contributed by atoms with Crippen molar-refractivity contribution >= 4 is 21.6 Å². The third kappa shape index (κ3) is 4.07. The molecule has 26 heavy (non-hydrogen) atoms. The van der Waals surface area contributed by atoms with Crippen LogP contribution in [-0.2, 0) is 9.84 Å². The van der Waals surface area contributed by atoms with Crippen molar-refractivity contribution in [2.45, 2.75) is 37.6 Å². The minimum Gasteiger partial charge on any atom is -0.321 e. The molecule has 2 amide bonds. The summed E-state index contributed by atoms with van der Waals surface area (Å²) in [6.45, 7) is 4.59. The van der Waals surface area contributed by atoms with E-state index in [1.54, 1.807) is 35.2 Å². The number of rotatable bonds is 4. The van der Waals surface area contributed by atoms with Crippen LogP contribution in [0.15, 0.2) is 53.4 Å². The maximum Gasteiger partial charge on any atom is 0.322 e. The fourth-order valence-corrected chi connectivity index (χ4v) is 4.89. The van der Waals surface area contributed by atoms with E-state index in [4.69, 9.17) is 0 Å². The summed E-state index contributed by atoms with van der Waals surface area (Å²) in [7, 11) is -3.42. The first-order valence-corrected chi connectivity index (χ1v) is 10.4. The van der Waals surface area contributed by atoms with Crippen molar-refractivity contribution < 1.29 is 13.2 Å². The summed E-state index contributed by atoms with van der Waals surface area (Å²) in [4.78, 5) is 14.6. The largest absolute Gasteiger partial charge is 0.322 e. The molecule has 138 valence electrons. The lowest BCUT2D eigenvalue weighted by Crippen LogP contribution is -2.42. The molecule has 0 aliphatic carbocycles. The summed E-state index contributed by atoms with van der Waals surface area (Å²) in [5.41, 5.74) is 3.00. The molecule has 2 aromatic rings. The molecule has 2 aromatic carbocycles. The molecule has 5 nitrogen and oxygen atoms in total. The Morgan fingerprint density at radius 2 is 1.85 bits per heavy atom. The average molecular weight is 372 g/mol. The minimum absolute atomic E-state index is 0.0443. The van der Waals surface area contributed by atoms with Crippen LogP contribution in [0.4, 0.5) is 10.5 Å². The molecule has 0 spiro atoms. The van der Waals surface area contributed by atoms with Crippen LogP contribution < -0.4 is 5.32 Å². The van der Waals surface area contributed by atoms with Gasteiger partial charge >= 0.3 is 6.03 Å². The third-order valence-corrected chi connectivity index (χ3v) is 6.72. The molecule has 1 aliphatic heterocycles. The number of hydrogen-bond acceptors (Lipinski definition) is 3. The summed E-state index contributed by atoms with van der Waals surface area (Å²) in [6, 6.07) is 13.6. The van der Waals surface area contributed by atoms with Gasteiger partial charge in [0.25, 0.3) is 0 Å². The van der Waals surface area contributed by atoms with Gasteiger partial charge in [-0.3, -0.25) is 0 Å². The molecule has 1 fully saturated rings. The number of anilines is 1. The van der Waals surface area contributed by atoms with E-state index in [2.05, 4.69) is 5.32 Å². The van der Waals surface area contributed by atoms with Crippen molar-refractivity contribution in [1.29, 1.82) is 0 Å². The fraction of sp³-hybridized carbons (Fsp3) is 0.350. The molecular weight excluding hydrogens is 348 g/mol. The van der Waals surface area contributed by atoms with E-state index in [0.717, 1.165) is 23.2 Å². The zero-order valence-corrected chi connectivity index (χ0v) is 15.9. The van der Waals surface area contributed by atoms with Crippen LogP contribution in [0.1, 0.15) is 24.0 Å². The van der Waals surface area contributed by atoms with Gasteiger partial charge in [-0.1, -0.05) is 24.3 Å². The Kier molecular flexibility index (Phi) is 5.32. The molecule has 0 aromatic heterocycles. The molecule has 6 heteroatoms. The standard InChI is InChI=1S/C20H24N2O3S/c1-15-10-11-17(13-16(15)2)21-20(23)22-12-6-7-18(22)14-26(24,25)19-8-4-3-5-9-19/h3-5,8-11,13,18H,6-7,12,14H2,1-2H3,(H,21,23). The van der Waals surface area contributed by atoms with Gasteiger partial charge in [-0.25, -0.2) is 13.2 Å². The highest BCUT2D eigenvalue weighted by atomic mass is 32.2. The maximum absolute atomic E-state index is 12.7. The summed E-state index contributed by atoms with van der Waals surface area (Å²) >= 11 is 0. The molecule has 1 unspecified atom stereocenters. The summed E-state index contributed by atoms with van der Waals surface area (Å²) in [5, 5.41) is 2.90. The van der Waals surface area contributed by atoms with Crippen LogP contribution in [0.5, 0.6) is 0 Å². The van der Waals surface area contributed by atoms with Gasteiger partial charge in [-0.2, -0.15) is 0 Å². The highest BCUT2D eigenvalue weighted by Crippen LogP contribution is 2.23. The van der Waals surface area contributed by atoms with Gasteiger partial charge in [-0.05, 0) is 62.1 Å². The van der Waals surface area contributed by atoms with Crippen LogP contribution in [0, 0.1) is 13.8 Å². The number of carbonyl (C=O) groups excluding carboxylic acids is 1. The lowest BCUT2D eigenvalue weighted by molar-refractivity contribution is 0.210. The van der Waals surface area contributed by atoms with Crippen LogP contribution in [-0.4, -0.2) is 37.7 Å². The second-order valence-corrected chi connectivity index (χ2v) is 8.85. The Morgan fingerprint density at radius 1 is 1.12 bits per heavy atom. The van der Waals surface area contributed by atoms with E-state index in [1.807, 2.05) is 32.0 Å². The topological polar surface area (TPSA) is 66.5 Å². The van der Waals surface area contributed by atoms with Gasteiger partial charge in [0.15, 0.2) is 9.84 Å².